The van der Waals surface area contributed by atoms with Crippen molar-refractivity contribution < 1.29 is 9.53 Å². The molecule has 0 bridgehead atoms. The van der Waals surface area contributed by atoms with Crippen LogP contribution in [0, 0.1) is 11.8 Å². The highest BCUT2D eigenvalue weighted by molar-refractivity contribution is 5.81. The van der Waals surface area contributed by atoms with E-state index in [0.29, 0.717) is 6.61 Å². The summed E-state index contributed by atoms with van der Waals surface area (Å²) < 4.78 is 5.08. The summed E-state index contributed by atoms with van der Waals surface area (Å²) in [7, 11) is 0. The maximum Gasteiger partial charge on any atom is 0.330 e. The Bertz CT molecular complexity index is 248. The molecule has 0 aromatic carbocycles. The van der Waals surface area contributed by atoms with Gasteiger partial charge in [-0.2, -0.15) is 0 Å². The quantitative estimate of drug-likeness (QED) is 0.402. The molecule has 0 heterocycles. The van der Waals surface area contributed by atoms with Crippen molar-refractivity contribution in [3.05, 3.63) is 12.7 Å². The normalized spacial score (nSPS) is 11.3. The summed E-state index contributed by atoms with van der Waals surface area (Å²) in [6, 6.07) is 0. The number of carbonyl (C=O) groups is 1. The summed E-state index contributed by atoms with van der Waals surface area (Å²) in [4.78, 5) is 13.5. The Balaban J connectivity index is 3.96. The number of carbonyl (C=O) groups excluding carboxylic acids is 1. The molecular weight excluding hydrogens is 250 g/mol. The smallest absolute Gasteiger partial charge is 0.330 e. The SMILES string of the molecule is C=CC(=O)OCCN(CCCC(C)C)CCCC(C)C. The average Bonchev–Trinajstić information content (AvgIpc) is 2.37. The molecule has 0 radical (unpaired) electrons. The average molecular weight is 283 g/mol. The van der Waals surface area contributed by atoms with Crippen LogP contribution in [-0.2, 0) is 9.53 Å². The Morgan fingerprint density at radius 1 is 1.05 bits per heavy atom. The lowest BCUT2D eigenvalue weighted by Crippen LogP contribution is -2.30. The second-order valence-electron chi connectivity index (χ2n) is 6.29. The predicted octanol–water partition coefficient (Wildman–Crippen LogP) is 3.89. The summed E-state index contributed by atoms with van der Waals surface area (Å²) in [5, 5.41) is 0. The van der Waals surface area contributed by atoms with Gasteiger partial charge in [0, 0.05) is 12.6 Å². The highest BCUT2D eigenvalue weighted by atomic mass is 16.5. The summed E-state index contributed by atoms with van der Waals surface area (Å²) in [6.45, 7) is 15.9. The molecule has 3 nitrogen and oxygen atoms in total. The molecule has 0 N–H and O–H groups in total. The summed E-state index contributed by atoms with van der Waals surface area (Å²) in [6.07, 6.45) is 6.17. The van der Waals surface area contributed by atoms with E-state index in [4.69, 9.17) is 4.74 Å². The fourth-order valence-electron chi connectivity index (χ4n) is 2.12. The Labute approximate surface area is 125 Å². The van der Waals surface area contributed by atoms with E-state index in [1.165, 1.54) is 31.8 Å². The largest absolute Gasteiger partial charge is 0.461 e. The molecule has 0 aliphatic heterocycles. The number of ether oxygens (including phenoxy) is 1. The molecule has 0 aliphatic carbocycles. The van der Waals surface area contributed by atoms with Gasteiger partial charge in [-0.25, -0.2) is 4.79 Å². The predicted molar refractivity (Wildman–Crippen MR) is 85.7 cm³/mol. The van der Waals surface area contributed by atoms with Gasteiger partial charge in [-0.3, -0.25) is 4.90 Å². The molecule has 20 heavy (non-hydrogen) atoms. The molecule has 0 unspecified atom stereocenters. The molecule has 0 rings (SSSR count). The topological polar surface area (TPSA) is 29.5 Å². The van der Waals surface area contributed by atoms with Crippen LogP contribution in [-0.4, -0.2) is 37.1 Å². The molecule has 0 saturated carbocycles. The fraction of sp³-hybridized carbons (Fsp3) is 0.824. The molecule has 118 valence electrons. The van der Waals surface area contributed by atoms with Crippen molar-refractivity contribution in [2.45, 2.75) is 53.4 Å². The zero-order valence-electron chi connectivity index (χ0n) is 13.9. The van der Waals surface area contributed by atoms with Gasteiger partial charge in [0.15, 0.2) is 0 Å². The lowest BCUT2D eigenvalue weighted by atomic mass is 10.1. The minimum atomic E-state index is -0.325. The minimum absolute atomic E-state index is 0.325. The Morgan fingerprint density at radius 3 is 1.95 bits per heavy atom. The third kappa shape index (κ3) is 12.2. The van der Waals surface area contributed by atoms with Crippen molar-refractivity contribution >= 4 is 5.97 Å². The number of esters is 1. The van der Waals surface area contributed by atoms with Crippen LogP contribution < -0.4 is 0 Å². The van der Waals surface area contributed by atoms with Gasteiger partial charge in [0.1, 0.15) is 6.61 Å². The number of hydrogen-bond acceptors (Lipinski definition) is 3. The Kier molecular flexibility index (Phi) is 11.5. The van der Waals surface area contributed by atoms with Crippen LogP contribution in [0.4, 0.5) is 0 Å². The molecular formula is C17H33NO2. The number of nitrogens with zero attached hydrogens (tertiary/aromatic N) is 1. The lowest BCUT2D eigenvalue weighted by Gasteiger charge is -2.22. The van der Waals surface area contributed by atoms with Crippen LogP contribution in [0.25, 0.3) is 0 Å². The van der Waals surface area contributed by atoms with E-state index in [9.17, 15) is 4.79 Å². The number of rotatable bonds is 12. The van der Waals surface area contributed by atoms with Gasteiger partial charge in [0.2, 0.25) is 0 Å². The van der Waals surface area contributed by atoms with Crippen molar-refractivity contribution in [1.29, 1.82) is 0 Å². The van der Waals surface area contributed by atoms with Crippen molar-refractivity contribution in [3.8, 4) is 0 Å². The van der Waals surface area contributed by atoms with Crippen molar-refractivity contribution in [3.63, 3.8) is 0 Å². The zero-order valence-corrected chi connectivity index (χ0v) is 13.9. The van der Waals surface area contributed by atoms with Gasteiger partial charge in [-0.1, -0.05) is 34.3 Å². The number of hydrogen-bond donors (Lipinski definition) is 0. The van der Waals surface area contributed by atoms with Crippen molar-refractivity contribution in [2.24, 2.45) is 11.8 Å². The zero-order chi connectivity index (χ0) is 15.4. The minimum Gasteiger partial charge on any atom is -0.461 e. The second-order valence-corrected chi connectivity index (χ2v) is 6.29. The molecule has 0 aliphatic rings. The summed E-state index contributed by atoms with van der Waals surface area (Å²) >= 11 is 0. The fourth-order valence-corrected chi connectivity index (χ4v) is 2.12. The van der Waals surface area contributed by atoms with E-state index in [0.717, 1.165) is 31.5 Å². The summed E-state index contributed by atoms with van der Waals surface area (Å²) in [5.74, 6) is 1.19. The first-order valence-corrected chi connectivity index (χ1v) is 7.97. The molecule has 0 fully saturated rings. The highest BCUT2D eigenvalue weighted by Crippen LogP contribution is 2.08. The molecule has 0 aromatic heterocycles. The molecule has 0 amide bonds. The van der Waals surface area contributed by atoms with Crippen LogP contribution in [0.3, 0.4) is 0 Å². The third-order valence-electron chi connectivity index (χ3n) is 3.33. The summed E-state index contributed by atoms with van der Waals surface area (Å²) in [5.41, 5.74) is 0. The van der Waals surface area contributed by atoms with Gasteiger partial charge < -0.3 is 4.74 Å². The molecule has 0 spiro atoms. The van der Waals surface area contributed by atoms with Gasteiger partial charge in [-0.15, -0.1) is 0 Å². The lowest BCUT2D eigenvalue weighted by molar-refractivity contribution is -0.138. The second kappa shape index (κ2) is 12.0. The maximum absolute atomic E-state index is 11.0. The first-order valence-electron chi connectivity index (χ1n) is 7.97. The molecule has 3 heteroatoms. The van der Waals surface area contributed by atoms with E-state index in [1.807, 2.05) is 0 Å². The van der Waals surface area contributed by atoms with Crippen molar-refractivity contribution in [1.82, 2.24) is 4.90 Å². The Hall–Kier alpha value is -0.830. The standard InChI is InChI=1S/C17H33NO2/c1-6-17(19)20-14-13-18(11-7-9-15(2)3)12-8-10-16(4)5/h6,15-16H,1,7-14H2,2-5H3. The van der Waals surface area contributed by atoms with Gasteiger partial charge in [-0.05, 0) is 50.6 Å². The van der Waals surface area contributed by atoms with E-state index in [1.54, 1.807) is 0 Å². The third-order valence-corrected chi connectivity index (χ3v) is 3.33. The molecule has 0 aromatic rings. The van der Waals surface area contributed by atoms with E-state index < -0.39 is 0 Å². The van der Waals surface area contributed by atoms with Gasteiger partial charge in [0.05, 0.1) is 0 Å². The monoisotopic (exact) mass is 283 g/mol. The van der Waals surface area contributed by atoms with Crippen LogP contribution in [0.1, 0.15) is 53.4 Å². The van der Waals surface area contributed by atoms with Crippen LogP contribution in [0.15, 0.2) is 12.7 Å². The van der Waals surface area contributed by atoms with E-state index in [2.05, 4.69) is 39.2 Å². The van der Waals surface area contributed by atoms with Crippen molar-refractivity contribution in [2.75, 3.05) is 26.2 Å². The van der Waals surface area contributed by atoms with Crippen LogP contribution in [0.5, 0.6) is 0 Å². The van der Waals surface area contributed by atoms with Gasteiger partial charge in [0.25, 0.3) is 0 Å². The van der Waals surface area contributed by atoms with Crippen LogP contribution in [0.2, 0.25) is 0 Å². The Morgan fingerprint density at radius 2 is 1.55 bits per heavy atom. The van der Waals surface area contributed by atoms with E-state index in [-0.39, 0.29) is 5.97 Å². The molecule has 0 saturated heterocycles. The molecule has 0 atom stereocenters. The van der Waals surface area contributed by atoms with Crippen LogP contribution >= 0.6 is 0 Å². The van der Waals surface area contributed by atoms with Gasteiger partial charge >= 0.3 is 5.97 Å². The maximum atomic E-state index is 11.0. The first kappa shape index (κ1) is 19.2. The first-order chi connectivity index (χ1) is 9.45. The van der Waals surface area contributed by atoms with E-state index >= 15 is 0 Å². The highest BCUT2D eigenvalue weighted by Gasteiger charge is 2.07.